The van der Waals surface area contributed by atoms with E-state index in [4.69, 9.17) is 9.26 Å². The summed E-state index contributed by atoms with van der Waals surface area (Å²) in [6.45, 7) is 8.55. The molecular weight excluding hydrogens is 330 g/mol. The predicted molar refractivity (Wildman–Crippen MR) is 99.0 cm³/mol. The molecule has 140 valence electrons. The quantitative estimate of drug-likeness (QED) is 0.713. The maximum Gasteiger partial charge on any atom is 0.222 e. The minimum Gasteiger partial charge on any atom is -0.493 e. The zero-order valence-corrected chi connectivity index (χ0v) is 15.6. The molecule has 0 spiro atoms. The van der Waals surface area contributed by atoms with Gasteiger partial charge in [-0.25, -0.2) is 0 Å². The summed E-state index contributed by atoms with van der Waals surface area (Å²) in [5, 5.41) is 3.92. The van der Waals surface area contributed by atoms with E-state index in [1.165, 1.54) is 0 Å². The number of ether oxygens (including phenoxy) is 1. The van der Waals surface area contributed by atoms with Gasteiger partial charge >= 0.3 is 0 Å². The second kappa shape index (κ2) is 8.85. The van der Waals surface area contributed by atoms with Crippen LogP contribution >= 0.6 is 0 Å². The van der Waals surface area contributed by atoms with Gasteiger partial charge in [-0.15, -0.1) is 0 Å². The van der Waals surface area contributed by atoms with E-state index >= 15 is 0 Å². The van der Waals surface area contributed by atoms with E-state index in [1.807, 2.05) is 49.1 Å². The van der Waals surface area contributed by atoms with Crippen molar-refractivity contribution in [3.63, 3.8) is 0 Å². The van der Waals surface area contributed by atoms with Gasteiger partial charge in [0, 0.05) is 38.7 Å². The Hall–Kier alpha value is -2.34. The van der Waals surface area contributed by atoms with Crippen molar-refractivity contribution >= 4 is 5.91 Å². The number of para-hydroxylation sites is 1. The molecule has 0 N–H and O–H groups in total. The summed E-state index contributed by atoms with van der Waals surface area (Å²) in [4.78, 5) is 16.6. The number of carbonyl (C=O) groups excluding carboxylic acids is 1. The first kappa shape index (κ1) is 18.5. The number of piperazine rings is 1. The zero-order chi connectivity index (χ0) is 18.4. The summed E-state index contributed by atoms with van der Waals surface area (Å²) in [6.07, 6.45) is 1.28. The Balaban J connectivity index is 1.34. The van der Waals surface area contributed by atoms with Crippen molar-refractivity contribution in [3.05, 3.63) is 47.3 Å². The Morgan fingerprint density at radius 2 is 1.96 bits per heavy atom. The molecule has 2 aromatic rings. The molecule has 1 aromatic heterocycles. The summed E-state index contributed by atoms with van der Waals surface area (Å²) < 4.78 is 11.0. The van der Waals surface area contributed by atoms with Gasteiger partial charge in [0.1, 0.15) is 5.75 Å². The van der Waals surface area contributed by atoms with Crippen LogP contribution in [-0.2, 0) is 11.3 Å². The molecule has 1 aliphatic rings. The average molecular weight is 357 g/mol. The Labute approximate surface area is 154 Å². The van der Waals surface area contributed by atoms with Crippen LogP contribution in [0, 0.1) is 13.8 Å². The van der Waals surface area contributed by atoms with Crippen LogP contribution in [0.25, 0.3) is 0 Å². The fourth-order valence-electron chi connectivity index (χ4n) is 3.15. The fraction of sp³-hybridized carbons (Fsp3) is 0.500. The normalized spacial score (nSPS) is 15.2. The predicted octanol–water partition coefficient (Wildman–Crippen LogP) is 2.79. The summed E-state index contributed by atoms with van der Waals surface area (Å²) in [7, 11) is 0. The minimum atomic E-state index is 0.216. The molecule has 0 atom stereocenters. The number of hydrogen-bond acceptors (Lipinski definition) is 5. The van der Waals surface area contributed by atoms with E-state index in [9.17, 15) is 4.79 Å². The molecule has 0 aliphatic carbocycles. The van der Waals surface area contributed by atoms with E-state index in [2.05, 4.69) is 10.1 Å². The maximum atomic E-state index is 12.4. The SMILES string of the molecule is Cc1cc(CN2CCN(C(=O)CCCOc3ccccc3C)CC2)on1. The van der Waals surface area contributed by atoms with Gasteiger partial charge in [0.25, 0.3) is 0 Å². The number of benzene rings is 1. The molecule has 26 heavy (non-hydrogen) atoms. The molecule has 1 fully saturated rings. The van der Waals surface area contributed by atoms with Crippen LogP contribution in [0.4, 0.5) is 0 Å². The molecule has 6 heteroatoms. The molecule has 0 radical (unpaired) electrons. The van der Waals surface area contributed by atoms with Gasteiger partial charge in [0.15, 0.2) is 5.76 Å². The molecular formula is C20H27N3O3. The highest BCUT2D eigenvalue weighted by Crippen LogP contribution is 2.16. The van der Waals surface area contributed by atoms with Crippen LogP contribution in [0.2, 0.25) is 0 Å². The number of rotatable bonds is 7. The molecule has 1 aromatic carbocycles. The zero-order valence-electron chi connectivity index (χ0n) is 15.6. The summed E-state index contributed by atoms with van der Waals surface area (Å²) in [5.74, 6) is 2.00. The van der Waals surface area contributed by atoms with Crippen molar-refractivity contribution in [2.45, 2.75) is 33.2 Å². The molecule has 0 saturated carbocycles. The number of aryl methyl sites for hydroxylation is 2. The van der Waals surface area contributed by atoms with E-state index in [-0.39, 0.29) is 5.91 Å². The van der Waals surface area contributed by atoms with E-state index in [0.717, 1.165) is 61.9 Å². The van der Waals surface area contributed by atoms with Crippen LogP contribution in [-0.4, -0.2) is 53.6 Å². The molecule has 1 saturated heterocycles. The Morgan fingerprint density at radius 3 is 2.65 bits per heavy atom. The van der Waals surface area contributed by atoms with E-state index in [1.54, 1.807) is 0 Å². The Morgan fingerprint density at radius 1 is 1.19 bits per heavy atom. The Kier molecular flexibility index (Phi) is 6.28. The average Bonchev–Trinajstić information content (AvgIpc) is 3.05. The van der Waals surface area contributed by atoms with Crippen molar-refractivity contribution in [1.29, 1.82) is 0 Å². The van der Waals surface area contributed by atoms with E-state index < -0.39 is 0 Å². The second-order valence-corrected chi connectivity index (χ2v) is 6.81. The first-order valence-electron chi connectivity index (χ1n) is 9.22. The third-order valence-corrected chi connectivity index (χ3v) is 4.67. The number of aromatic nitrogens is 1. The van der Waals surface area contributed by atoms with Crippen LogP contribution in [0.15, 0.2) is 34.9 Å². The fourth-order valence-corrected chi connectivity index (χ4v) is 3.15. The van der Waals surface area contributed by atoms with Gasteiger partial charge in [0.2, 0.25) is 5.91 Å². The molecule has 1 aliphatic heterocycles. The van der Waals surface area contributed by atoms with Crippen molar-refractivity contribution in [3.8, 4) is 5.75 Å². The Bertz CT molecular complexity index is 721. The molecule has 3 rings (SSSR count). The van der Waals surface area contributed by atoms with Crippen molar-refractivity contribution in [2.24, 2.45) is 0 Å². The third-order valence-electron chi connectivity index (χ3n) is 4.67. The topological polar surface area (TPSA) is 58.8 Å². The number of carbonyl (C=O) groups is 1. The largest absolute Gasteiger partial charge is 0.493 e. The summed E-state index contributed by atoms with van der Waals surface area (Å²) in [5.41, 5.74) is 2.03. The van der Waals surface area contributed by atoms with Crippen LogP contribution in [0.1, 0.15) is 29.9 Å². The van der Waals surface area contributed by atoms with E-state index in [0.29, 0.717) is 13.0 Å². The number of amides is 1. The van der Waals surface area contributed by atoms with Gasteiger partial charge in [-0.3, -0.25) is 9.69 Å². The first-order chi connectivity index (χ1) is 12.6. The van der Waals surface area contributed by atoms with Crippen molar-refractivity contribution < 1.29 is 14.1 Å². The number of nitrogens with zero attached hydrogens (tertiary/aromatic N) is 3. The van der Waals surface area contributed by atoms with Gasteiger partial charge in [-0.05, 0) is 31.9 Å². The lowest BCUT2D eigenvalue weighted by Gasteiger charge is -2.34. The van der Waals surface area contributed by atoms with Crippen molar-refractivity contribution in [2.75, 3.05) is 32.8 Å². The molecule has 1 amide bonds. The van der Waals surface area contributed by atoms with Gasteiger partial charge in [-0.1, -0.05) is 23.4 Å². The second-order valence-electron chi connectivity index (χ2n) is 6.81. The smallest absolute Gasteiger partial charge is 0.222 e. The van der Waals surface area contributed by atoms with Crippen molar-refractivity contribution in [1.82, 2.24) is 15.0 Å². The molecule has 0 bridgehead atoms. The number of hydrogen-bond donors (Lipinski definition) is 0. The summed E-state index contributed by atoms with van der Waals surface area (Å²) in [6, 6.07) is 9.92. The third kappa shape index (κ3) is 5.08. The highest BCUT2D eigenvalue weighted by Gasteiger charge is 2.21. The lowest BCUT2D eigenvalue weighted by Crippen LogP contribution is -2.48. The monoisotopic (exact) mass is 357 g/mol. The standard InChI is InChI=1S/C20H27N3O3/c1-16-6-3-4-7-19(16)25-13-5-8-20(24)23-11-9-22(10-12-23)15-18-14-17(2)21-26-18/h3-4,6-7,14H,5,8-13,15H2,1-2H3. The van der Waals surface area contributed by atoms with Crippen LogP contribution in [0.3, 0.4) is 0 Å². The molecule has 6 nitrogen and oxygen atoms in total. The first-order valence-corrected chi connectivity index (χ1v) is 9.22. The van der Waals surface area contributed by atoms with Gasteiger partial charge in [-0.2, -0.15) is 0 Å². The van der Waals surface area contributed by atoms with Gasteiger partial charge in [0.05, 0.1) is 18.8 Å². The van der Waals surface area contributed by atoms with Gasteiger partial charge < -0.3 is 14.2 Å². The molecule has 0 unspecified atom stereocenters. The molecule has 2 heterocycles. The lowest BCUT2D eigenvalue weighted by atomic mass is 10.2. The van der Waals surface area contributed by atoms with Crippen LogP contribution in [0.5, 0.6) is 5.75 Å². The maximum absolute atomic E-state index is 12.4. The highest BCUT2D eigenvalue weighted by atomic mass is 16.5. The highest BCUT2D eigenvalue weighted by molar-refractivity contribution is 5.76. The summed E-state index contributed by atoms with van der Waals surface area (Å²) >= 11 is 0. The lowest BCUT2D eigenvalue weighted by molar-refractivity contribution is -0.133. The van der Waals surface area contributed by atoms with Crippen LogP contribution < -0.4 is 4.74 Å². The minimum absolute atomic E-state index is 0.216.